The smallest absolute Gasteiger partial charge is 0.477 e. The van der Waals surface area contributed by atoms with Gasteiger partial charge >= 0.3 is 7.12 Å². The molecule has 1 aliphatic heterocycles. The first-order valence-corrected chi connectivity index (χ1v) is 9.35. The van der Waals surface area contributed by atoms with Crippen molar-refractivity contribution < 1.29 is 14.0 Å². The van der Waals surface area contributed by atoms with Gasteiger partial charge in [-0.1, -0.05) is 19.1 Å². The van der Waals surface area contributed by atoms with E-state index >= 15 is 0 Å². The molecule has 1 unspecified atom stereocenters. The third-order valence-corrected chi connectivity index (χ3v) is 6.21. The second-order valence-electron chi connectivity index (χ2n) is 8.38. The number of rotatable bonds is 5. The van der Waals surface area contributed by atoms with Gasteiger partial charge in [0, 0.05) is 17.7 Å². The molecule has 0 radical (unpaired) electrons. The minimum atomic E-state index is -0.278. The average molecular weight is 343 g/mol. The summed E-state index contributed by atoms with van der Waals surface area (Å²) in [6.45, 7) is 11.4. The molecule has 1 fully saturated rings. The van der Waals surface area contributed by atoms with E-state index in [9.17, 15) is 0 Å². The average Bonchev–Trinajstić information content (AvgIpc) is 2.82. The number of pyridine rings is 1. The predicted molar refractivity (Wildman–Crippen MR) is 100 cm³/mol. The van der Waals surface area contributed by atoms with E-state index in [0.717, 1.165) is 25.7 Å². The summed E-state index contributed by atoms with van der Waals surface area (Å²) >= 11 is 0. The first kappa shape index (κ1) is 18.5. The molecule has 1 saturated heterocycles. The fourth-order valence-electron chi connectivity index (χ4n) is 3.38. The minimum absolute atomic E-state index is 0.171. The second kappa shape index (κ2) is 6.77. The quantitative estimate of drug-likeness (QED) is 0.733. The molecule has 0 N–H and O–H groups in total. The number of allylic oxidation sites excluding steroid dienone is 2. The van der Waals surface area contributed by atoms with Crippen LogP contribution in [0.3, 0.4) is 0 Å². The first-order valence-electron chi connectivity index (χ1n) is 9.35. The van der Waals surface area contributed by atoms with Gasteiger partial charge in [-0.05, 0) is 64.9 Å². The zero-order chi connectivity index (χ0) is 18.1. The van der Waals surface area contributed by atoms with Crippen LogP contribution < -0.4 is 4.74 Å². The van der Waals surface area contributed by atoms with Crippen LogP contribution in [0.5, 0.6) is 5.88 Å². The van der Waals surface area contributed by atoms with Gasteiger partial charge in [0.25, 0.3) is 0 Å². The Labute approximate surface area is 152 Å². The highest BCUT2D eigenvalue weighted by Gasteiger charge is 2.52. The van der Waals surface area contributed by atoms with Crippen LogP contribution in [-0.4, -0.2) is 29.9 Å². The van der Waals surface area contributed by atoms with Crippen molar-refractivity contribution in [2.45, 2.75) is 71.5 Å². The molecule has 1 aromatic heterocycles. The summed E-state index contributed by atoms with van der Waals surface area (Å²) in [5.41, 5.74) is 0.894. The molecule has 2 heterocycles. The summed E-state index contributed by atoms with van der Waals surface area (Å²) in [5.74, 6) is 0.705. The summed E-state index contributed by atoms with van der Waals surface area (Å²) in [4.78, 5) is 4.26. The van der Waals surface area contributed by atoms with E-state index in [1.165, 1.54) is 5.47 Å². The molecule has 4 nitrogen and oxygen atoms in total. The van der Waals surface area contributed by atoms with Crippen molar-refractivity contribution >= 4 is 7.12 Å². The molecule has 25 heavy (non-hydrogen) atoms. The Balaban J connectivity index is 1.64. The zero-order valence-corrected chi connectivity index (χ0v) is 16.2. The molecule has 0 bridgehead atoms. The number of hydrogen-bond donors (Lipinski definition) is 0. The second-order valence-corrected chi connectivity index (χ2v) is 8.38. The van der Waals surface area contributed by atoms with Crippen LogP contribution in [-0.2, 0) is 9.31 Å². The lowest BCUT2D eigenvalue weighted by molar-refractivity contribution is 0.00578. The zero-order valence-electron chi connectivity index (χ0n) is 16.2. The number of ether oxygens (including phenoxy) is 1. The van der Waals surface area contributed by atoms with Crippen LogP contribution in [0.2, 0.25) is 0 Å². The van der Waals surface area contributed by atoms with Crippen molar-refractivity contribution in [3.05, 3.63) is 35.9 Å². The molecule has 0 spiro atoms. The van der Waals surface area contributed by atoms with Gasteiger partial charge in [0.1, 0.15) is 0 Å². The molecule has 1 aliphatic carbocycles. The first-order chi connectivity index (χ1) is 11.8. The van der Waals surface area contributed by atoms with Crippen molar-refractivity contribution in [3.8, 4) is 5.88 Å². The molecule has 0 aromatic carbocycles. The van der Waals surface area contributed by atoms with Crippen LogP contribution >= 0.6 is 0 Å². The largest absolute Gasteiger partial charge is 0.490 e. The lowest BCUT2D eigenvalue weighted by Gasteiger charge is -2.35. The summed E-state index contributed by atoms with van der Waals surface area (Å²) in [6, 6.07) is 5.78. The van der Waals surface area contributed by atoms with Gasteiger partial charge in [-0.25, -0.2) is 4.98 Å². The van der Waals surface area contributed by atoms with E-state index < -0.39 is 0 Å². The van der Waals surface area contributed by atoms with Gasteiger partial charge in [-0.15, -0.1) is 0 Å². The van der Waals surface area contributed by atoms with Gasteiger partial charge < -0.3 is 14.0 Å². The van der Waals surface area contributed by atoms with Gasteiger partial charge in [0.05, 0.1) is 17.8 Å². The van der Waals surface area contributed by atoms with Gasteiger partial charge in [0.2, 0.25) is 5.88 Å². The van der Waals surface area contributed by atoms with Crippen molar-refractivity contribution in [1.29, 1.82) is 0 Å². The molecule has 1 atom stereocenters. The SMILES string of the molecule is CCC1(COc2ccccn2)CC=C(B2OC(C)(C)C(C)(C)O2)CC1. The fourth-order valence-corrected chi connectivity index (χ4v) is 3.38. The Bertz CT molecular complexity index is 613. The predicted octanol–water partition coefficient (Wildman–Crippen LogP) is 4.60. The maximum atomic E-state index is 6.20. The van der Waals surface area contributed by atoms with Crippen LogP contribution in [0.15, 0.2) is 35.9 Å². The normalized spacial score (nSPS) is 27.9. The van der Waals surface area contributed by atoms with E-state index in [2.05, 4.69) is 45.7 Å². The Morgan fingerprint density at radius 1 is 1.16 bits per heavy atom. The Kier molecular flexibility index (Phi) is 5.00. The van der Waals surface area contributed by atoms with Crippen molar-refractivity contribution in [2.24, 2.45) is 5.41 Å². The van der Waals surface area contributed by atoms with Crippen molar-refractivity contribution in [1.82, 2.24) is 4.98 Å². The van der Waals surface area contributed by atoms with Gasteiger partial charge in [-0.2, -0.15) is 0 Å². The lowest BCUT2D eigenvalue weighted by Crippen LogP contribution is -2.41. The molecule has 0 amide bonds. The van der Waals surface area contributed by atoms with E-state index in [0.29, 0.717) is 12.5 Å². The molecule has 0 saturated carbocycles. The fraction of sp³-hybridized carbons (Fsp3) is 0.650. The van der Waals surface area contributed by atoms with E-state index in [1.807, 2.05) is 18.2 Å². The topological polar surface area (TPSA) is 40.6 Å². The van der Waals surface area contributed by atoms with Gasteiger partial charge in [-0.3, -0.25) is 0 Å². The molecular weight excluding hydrogens is 313 g/mol. The van der Waals surface area contributed by atoms with E-state index in [1.54, 1.807) is 6.20 Å². The molecule has 3 rings (SSSR count). The number of nitrogens with zero attached hydrogens (tertiary/aromatic N) is 1. The standard InChI is InChI=1S/C20H30BNO3/c1-6-20(15-23-17-9-7-8-14-22-17)12-10-16(11-13-20)21-24-18(2,3)19(4,5)25-21/h7-10,14H,6,11-13,15H2,1-5H3. The number of aromatic nitrogens is 1. The van der Waals surface area contributed by atoms with Crippen LogP contribution in [0, 0.1) is 5.41 Å². The Hall–Kier alpha value is -1.33. The van der Waals surface area contributed by atoms with Crippen LogP contribution in [0.25, 0.3) is 0 Å². The third kappa shape index (κ3) is 3.77. The van der Waals surface area contributed by atoms with Gasteiger partial charge in [0.15, 0.2) is 0 Å². The molecule has 2 aliphatic rings. The highest BCUT2D eigenvalue weighted by Crippen LogP contribution is 2.44. The van der Waals surface area contributed by atoms with Crippen LogP contribution in [0.4, 0.5) is 0 Å². The molecule has 136 valence electrons. The Morgan fingerprint density at radius 2 is 1.88 bits per heavy atom. The number of hydrogen-bond acceptors (Lipinski definition) is 4. The minimum Gasteiger partial charge on any atom is -0.477 e. The summed E-state index contributed by atoms with van der Waals surface area (Å²) < 4.78 is 18.4. The monoisotopic (exact) mass is 343 g/mol. The molecular formula is C20H30BNO3. The molecule has 1 aromatic rings. The molecule has 5 heteroatoms. The summed E-state index contributed by atoms with van der Waals surface area (Å²) in [7, 11) is -0.212. The van der Waals surface area contributed by atoms with Crippen molar-refractivity contribution in [3.63, 3.8) is 0 Å². The maximum absolute atomic E-state index is 6.20. The van der Waals surface area contributed by atoms with E-state index in [-0.39, 0.29) is 23.7 Å². The third-order valence-electron chi connectivity index (χ3n) is 6.21. The summed E-state index contributed by atoms with van der Waals surface area (Å²) in [5, 5.41) is 0. The van der Waals surface area contributed by atoms with Crippen LogP contribution in [0.1, 0.15) is 60.3 Å². The summed E-state index contributed by atoms with van der Waals surface area (Å²) in [6.07, 6.45) is 8.26. The van der Waals surface area contributed by atoms with E-state index in [4.69, 9.17) is 14.0 Å². The lowest BCUT2D eigenvalue weighted by atomic mass is 9.65. The van der Waals surface area contributed by atoms with Crippen molar-refractivity contribution in [2.75, 3.05) is 6.61 Å². The highest BCUT2D eigenvalue weighted by molar-refractivity contribution is 6.54. The Morgan fingerprint density at radius 3 is 2.40 bits per heavy atom. The maximum Gasteiger partial charge on any atom is 0.490 e. The highest BCUT2D eigenvalue weighted by atomic mass is 16.7.